The average molecular weight is 661 g/mol. The van der Waals surface area contributed by atoms with E-state index in [0.29, 0.717) is 24.9 Å². The van der Waals surface area contributed by atoms with Crippen LogP contribution < -0.4 is 4.74 Å². The smallest absolute Gasteiger partial charge is 0.455 e. The van der Waals surface area contributed by atoms with Gasteiger partial charge in [-0.25, -0.2) is 0 Å². The standard InChI is InChI=1S/C31H41BINO6/c1-4-8-19(14-20-15-24(33)29(35)26(16-20)39-3)11-12-25-27-18(2)13-22-28(23(27)17-32(38)40-25)31(37)34(30(22)36)21-9-6-5-7-10-21/h14-16,21-23,25,28,35,38H,4-13,17H2,1-3H3/b19-14+/t22-,23+,25-,28-/m1/s1. The van der Waals surface area contributed by atoms with E-state index in [1.54, 1.807) is 12.0 Å². The first-order valence-electron chi connectivity index (χ1n) is 14.9. The Bertz CT molecular complexity index is 1210. The van der Waals surface area contributed by atoms with Gasteiger partial charge >= 0.3 is 7.12 Å². The summed E-state index contributed by atoms with van der Waals surface area (Å²) in [5.41, 5.74) is 4.51. The zero-order valence-electron chi connectivity index (χ0n) is 23.8. The molecule has 9 heteroatoms. The molecule has 4 aliphatic rings. The number of amides is 2. The second-order valence-corrected chi connectivity index (χ2v) is 13.1. The first-order chi connectivity index (χ1) is 19.2. The summed E-state index contributed by atoms with van der Waals surface area (Å²) >= 11 is 2.11. The Labute approximate surface area is 251 Å². The number of hydrogen-bond acceptors (Lipinski definition) is 6. The van der Waals surface area contributed by atoms with Crippen molar-refractivity contribution in [3.05, 3.63) is 38.0 Å². The van der Waals surface area contributed by atoms with Gasteiger partial charge in [0.05, 0.1) is 28.6 Å². The molecule has 2 amide bonds. The van der Waals surface area contributed by atoms with Gasteiger partial charge in [0.1, 0.15) is 0 Å². The van der Waals surface area contributed by atoms with Gasteiger partial charge in [0.25, 0.3) is 0 Å². The van der Waals surface area contributed by atoms with E-state index in [4.69, 9.17) is 9.39 Å². The van der Waals surface area contributed by atoms with Gasteiger partial charge in [-0.05, 0) is 104 Å². The molecule has 0 radical (unpaired) electrons. The normalized spacial score (nSPS) is 27.8. The molecule has 1 saturated carbocycles. The molecule has 4 atom stereocenters. The predicted octanol–water partition coefficient (Wildman–Crippen LogP) is 6.12. The highest BCUT2D eigenvalue weighted by Crippen LogP contribution is 2.51. The van der Waals surface area contributed by atoms with Gasteiger partial charge < -0.3 is 19.5 Å². The molecule has 2 heterocycles. The minimum atomic E-state index is -0.946. The van der Waals surface area contributed by atoms with E-state index in [0.717, 1.165) is 65.2 Å². The largest absolute Gasteiger partial charge is 0.504 e. The van der Waals surface area contributed by atoms with Gasteiger partial charge in [0, 0.05) is 6.04 Å². The third-order valence-corrected chi connectivity index (χ3v) is 10.2. The summed E-state index contributed by atoms with van der Waals surface area (Å²) in [6.07, 6.45) is 11.4. The molecule has 0 spiro atoms. The van der Waals surface area contributed by atoms with Gasteiger partial charge in [-0.15, -0.1) is 0 Å². The number of imide groups is 1. The topological polar surface area (TPSA) is 96.3 Å². The number of allylic oxidation sites excluding steroid dienone is 2. The van der Waals surface area contributed by atoms with Crippen LogP contribution in [0.1, 0.15) is 83.6 Å². The fourth-order valence-electron chi connectivity index (χ4n) is 7.62. The quantitative estimate of drug-likeness (QED) is 0.151. The minimum Gasteiger partial charge on any atom is -0.504 e. The van der Waals surface area contributed by atoms with Crippen molar-refractivity contribution in [2.24, 2.45) is 17.8 Å². The van der Waals surface area contributed by atoms with Crippen molar-refractivity contribution in [1.82, 2.24) is 4.90 Å². The van der Waals surface area contributed by atoms with E-state index < -0.39 is 7.12 Å². The number of phenolic OH excluding ortho intramolecular Hbond substituents is 1. The maximum Gasteiger partial charge on any atom is 0.455 e. The number of phenols is 1. The molecule has 7 nitrogen and oxygen atoms in total. The van der Waals surface area contributed by atoms with Crippen LogP contribution in [0.3, 0.4) is 0 Å². The lowest BCUT2D eigenvalue weighted by Crippen LogP contribution is -2.46. The molecule has 2 aliphatic heterocycles. The molecule has 216 valence electrons. The minimum absolute atomic E-state index is 0.00459. The number of benzene rings is 1. The van der Waals surface area contributed by atoms with Crippen LogP contribution in [0.15, 0.2) is 28.9 Å². The van der Waals surface area contributed by atoms with Crippen LogP contribution in [0, 0.1) is 21.3 Å². The van der Waals surface area contributed by atoms with Gasteiger partial charge in [0.2, 0.25) is 11.8 Å². The predicted molar refractivity (Wildman–Crippen MR) is 164 cm³/mol. The number of halogens is 1. The molecule has 2 saturated heterocycles. The van der Waals surface area contributed by atoms with Gasteiger partial charge in [0.15, 0.2) is 11.5 Å². The first kappa shape index (κ1) is 29.6. The highest BCUT2D eigenvalue weighted by Gasteiger charge is 2.57. The molecule has 2 aliphatic carbocycles. The zero-order valence-corrected chi connectivity index (χ0v) is 26.0. The number of rotatable bonds is 8. The third kappa shape index (κ3) is 5.75. The van der Waals surface area contributed by atoms with Crippen molar-refractivity contribution >= 4 is 47.6 Å². The maximum absolute atomic E-state index is 13.8. The molecule has 0 unspecified atom stereocenters. The van der Waals surface area contributed by atoms with E-state index in [9.17, 15) is 19.7 Å². The van der Waals surface area contributed by atoms with Crippen LogP contribution in [0.2, 0.25) is 6.32 Å². The summed E-state index contributed by atoms with van der Waals surface area (Å²) in [7, 11) is 0.605. The third-order valence-electron chi connectivity index (χ3n) is 9.37. The molecule has 0 bridgehead atoms. The number of carbonyl (C=O) groups is 2. The fourth-order valence-corrected chi connectivity index (χ4v) is 8.24. The second-order valence-electron chi connectivity index (χ2n) is 12.0. The van der Waals surface area contributed by atoms with Crippen molar-refractivity contribution in [2.75, 3.05) is 7.11 Å². The zero-order chi connectivity index (χ0) is 28.6. The highest BCUT2D eigenvalue weighted by atomic mass is 127. The first-order valence-corrected chi connectivity index (χ1v) is 16.0. The van der Waals surface area contributed by atoms with Crippen molar-refractivity contribution in [3.63, 3.8) is 0 Å². The number of fused-ring (bicyclic) bond motifs is 3. The summed E-state index contributed by atoms with van der Waals surface area (Å²) in [4.78, 5) is 29.0. The van der Waals surface area contributed by atoms with Crippen LogP contribution in [0.5, 0.6) is 11.5 Å². The Morgan fingerprint density at radius 1 is 1.18 bits per heavy atom. The average Bonchev–Trinajstić information content (AvgIpc) is 3.18. The Morgan fingerprint density at radius 2 is 1.93 bits per heavy atom. The summed E-state index contributed by atoms with van der Waals surface area (Å²) in [6.45, 7) is 4.24. The number of methoxy groups -OCH3 is 1. The summed E-state index contributed by atoms with van der Waals surface area (Å²) < 4.78 is 12.2. The molecule has 5 rings (SSSR count). The maximum atomic E-state index is 13.8. The van der Waals surface area contributed by atoms with Crippen molar-refractivity contribution in [3.8, 4) is 11.5 Å². The van der Waals surface area contributed by atoms with Gasteiger partial charge in [-0.2, -0.15) is 0 Å². The molecule has 1 aromatic rings. The van der Waals surface area contributed by atoms with Crippen molar-refractivity contribution < 1.29 is 29.1 Å². The fraction of sp³-hybridized carbons (Fsp3) is 0.613. The van der Waals surface area contributed by atoms with Gasteiger partial charge in [-0.1, -0.05) is 49.8 Å². The van der Waals surface area contributed by atoms with Crippen LogP contribution >= 0.6 is 22.6 Å². The summed E-state index contributed by atoms with van der Waals surface area (Å²) in [5.74, 6) is -0.265. The lowest BCUT2D eigenvalue weighted by atomic mass is 9.58. The van der Waals surface area contributed by atoms with Crippen LogP contribution in [0.25, 0.3) is 6.08 Å². The van der Waals surface area contributed by atoms with Crippen molar-refractivity contribution in [1.29, 1.82) is 0 Å². The molecular formula is C31H41BINO6. The van der Waals surface area contributed by atoms with E-state index in [1.165, 1.54) is 12.0 Å². The Kier molecular flexibility index (Phi) is 9.32. The van der Waals surface area contributed by atoms with Crippen molar-refractivity contribution in [2.45, 2.75) is 96.5 Å². The molecular weight excluding hydrogens is 620 g/mol. The van der Waals surface area contributed by atoms with Gasteiger partial charge in [-0.3, -0.25) is 14.5 Å². The summed E-state index contributed by atoms with van der Waals surface area (Å²) in [5, 5.41) is 21.0. The lowest BCUT2D eigenvalue weighted by molar-refractivity contribution is -0.143. The van der Waals surface area contributed by atoms with Crippen LogP contribution in [-0.4, -0.2) is 53.2 Å². The Balaban J connectivity index is 1.37. The SMILES string of the molecule is CCC/C(=C\c1cc(I)c(O)c(OC)c1)CC[C@H]1OB(O)C[C@H]2C1=C(C)C[C@H]1C(=O)N(C3CCCCC3)C(=O)[C@H]12. The second kappa shape index (κ2) is 12.6. The highest BCUT2D eigenvalue weighted by molar-refractivity contribution is 14.1. The molecule has 2 N–H and O–H groups in total. The molecule has 0 aromatic heterocycles. The van der Waals surface area contributed by atoms with E-state index in [-0.39, 0.29) is 47.5 Å². The van der Waals surface area contributed by atoms with Crippen LogP contribution in [-0.2, 0) is 14.2 Å². The molecule has 3 fully saturated rings. The molecule has 1 aromatic carbocycles. The Morgan fingerprint density at radius 3 is 2.62 bits per heavy atom. The number of likely N-dealkylation sites (tertiary alicyclic amines) is 1. The van der Waals surface area contributed by atoms with E-state index in [1.807, 2.05) is 12.1 Å². The summed E-state index contributed by atoms with van der Waals surface area (Å²) in [6, 6.07) is 3.82. The molecule has 40 heavy (non-hydrogen) atoms. The monoisotopic (exact) mass is 661 g/mol. The van der Waals surface area contributed by atoms with E-state index >= 15 is 0 Å². The van der Waals surface area contributed by atoms with E-state index in [2.05, 4.69) is 42.5 Å². The Hall–Kier alpha value is -1.85. The lowest BCUT2D eigenvalue weighted by Gasteiger charge is -2.42. The number of hydrogen-bond donors (Lipinski definition) is 2. The number of nitrogens with zero attached hydrogens (tertiary/aromatic N) is 1. The van der Waals surface area contributed by atoms with Crippen LogP contribution in [0.4, 0.5) is 0 Å². The number of aromatic hydroxyl groups is 1. The number of ether oxygens (including phenoxy) is 1. The number of carbonyl (C=O) groups excluding carboxylic acids is 2.